The molecule has 0 saturated heterocycles. The number of rotatable bonds is 4. The van der Waals surface area contributed by atoms with E-state index < -0.39 is 55.4 Å². The van der Waals surface area contributed by atoms with Gasteiger partial charge in [0, 0.05) is 18.0 Å². The number of hydrogen-bond acceptors (Lipinski definition) is 5. The summed E-state index contributed by atoms with van der Waals surface area (Å²) in [4.78, 5) is 16.3. The van der Waals surface area contributed by atoms with Crippen LogP contribution in [-0.2, 0) is 16.0 Å². The lowest BCUT2D eigenvalue weighted by Gasteiger charge is -2.10. The zero-order chi connectivity index (χ0) is 24.1. The molecule has 0 fully saturated rings. The standard InChI is InChI=1S/C20H13F5N4O3S/c1-2-33(31,32)16-8-12(11-3-5-14(21)15(22)7-11)9-26-18(16)29-19(30)28-10-13(20(23,24)25)4-6-17(28)27-29/h3-10H,2H2,1H3. The molecule has 0 atom stereocenters. The van der Waals surface area contributed by atoms with Crippen LogP contribution in [0.25, 0.3) is 22.6 Å². The summed E-state index contributed by atoms with van der Waals surface area (Å²) in [6.45, 7) is 1.34. The first-order valence-corrected chi connectivity index (χ1v) is 10.9. The van der Waals surface area contributed by atoms with E-state index >= 15 is 0 Å². The summed E-state index contributed by atoms with van der Waals surface area (Å²) >= 11 is 0. The van der Waals surface area contributed by atoms with Gasteiger partial charge in [-0.15, -0.1) is 5.10 Å². The van der Waals surface area contributed by atoms with Crippen LogP contribution < -0.4 is 5.69 Å². The van der Waals surface area contributed by atoms with Crippen LogP contribution in [0.3, 0.4) is 0 Å². The van der Waals surface area contributed by atoms with Crippen LogP contribution >= 0.6 is 0 Å². The number of hydrogen-bond donors (Lipinski definition) is 0. The molecule has 13 heteroatoms. The summed E-state index contributed by atoms with van der Waals surface area (Å²) in [5.41, 5.74) is -2.10. The molecule has 0 radical (unpaired) electrons. The number of aromatic nitrogens is 4. The average Bonchev–Trinajstić information content (AvgIpc) is 3.10. The van der Waals surface area contributed by atoms with Crippen molar-refractivity contribution >= 4 is 15.5 Å². The second-order valence-corrected chi connectivity index (χ2v) is 9.16. The maximum absolute atomic E-state index is 13.6. The van der Waals surface area contributed by atoms with Crippen LogP contribution in [0, 0.1) is 11.6 Å². The molecule has 172 valence electrons. The number of alkyl halides is 3. The molecule has 3 heterocycles. The number of nitrogens with zero attached hydrogens (tertiary/aromatic N) is 4. The van der Waals surface area contributed by atoms with E-state index in [4.69, 9.17) is 0 Å². The zero-order valence-electron chi connectivity index (χ0n) is 16.6. The molecule has 3 aromatic heterocycles. The number of sulfone groups is 1. The number of pyridine rings is 2. The van der Waals surface area contributed by atoms with Crippen LogP contribution in [0.15, 0.2) is 58.5 Å². The molecule has 0 amide bonds. The highest BCUT2D eigenvalue weighted by Crippen LogP contribution is 2.30. The predicted octanol–water partition coefficient (Wildman–Crippen LogP) is 3.64. The molecule has 0 saturated carbocycles. The van der Waals surface area contributed by atoms with E-state index in [0.717, 1.165) is 36.5 Å². The van der Waals surface area contributed by atoms with E-state index in [9.17, 15) is 35.2 Å². The van der Waals surface area contributed by atoms with Crippen molar-refractivity contribution in [2.45, 2.75) is 18.0 Å². The minimum atomic E-state index is -4.71. The third-order valence-electron chi connectivity index (χ3n) is 4.85. The fraction of sp³-hybridized carbons (Fsp3) is 0.150. The van der Waals surface area contributed by atoms with Crippen LogP contribution in [0.4, 0.5) is 22.0 Å². The van der Waals surface area contributed by atoms with Gasteiger partial charge in [0.25, 0.3) is 0 Å². The van der Waals surface area contributed by atoms with Crippen LogP contribution in [0.5, 0.6) is 0 Å². The average molecular weight is 484 g/mol. The van der Waals surface area contributed by atoms with Gasteiger partial charge in [0.1, 0.15) is 4.90 Å². The van der Waals surface area contributed by atoms with Gasteiger partial charge in [0.15, 0.2) is 32.9 Å². The van der Waals surface area contributed by atoms with Crippen molar-refractivity contribution in [3.8, 4) is 16.9 Å². The quantitative estimate of drug-likeness (QED) is 0.413. The monoisotopic (exact) mass is 484 g/mol. The van der Waals surface area contributed by atoms with Crippen molar-refractivity contribution in [3.05, 3.63) is 76.5 Å². The molecule has 0 spiro atoms. The topological polar surface area (TPSA) is 86.3 Å². The van der Waals surface area contributed by atoms with E-state index in [1.165, 1.54) is 13.0 Å². The molecule has 4 rings (SSSR count). The van der Waals surface area contributed by atoms with E-state index in [0.29, 0.717) is 15.3 Å². The van der Waals surface area contributed by atoms with E-state index in [1.807, 2.05) is 0 Å². The summed E-state index contributed by atoms with van der Waals surface area (Å²) in [6.07, 6.45) is -3.05. The van der Waals surface area contributed by atoms with Gasteiger partial charge in [-0.3, -0.25) is 0 Å². The van der Waals surface area contributed by atoms with Crippen LogP contribution in [0.1, 0.15) is 12.5 Å². The molecule has 0 aliphatic heterocycles. The minimum absolute atomic E-state index is 0.112. The smallest absolute Gasteiger partial charge is 0.249 e. The highest BCUT2D eigenvalue weighted by Gasteiger charge is 2.31. The molecule has 33 heavy (non-hydrogen) atoms. The maximum Gasteiger partial charge on any atom is 0.417 e. The fourth-order valence-electron chi connectivity index (χ4n) is 3.09. The third kappa shape index (κ3) is 3.99. The first-order chi connectivity index (χ1) is 15.4. The molecule has 0 bridgehead atoms. The van der Waals surface area contributed by atoms with E-state index in [2.05, 4.69) is 10.1 Å². The first kappa shape index (κ1) is 22.6. The lowest BCUT2D eigenvalue weighted by atomic mass is 10.1. The zero-order valence-corrected chi connectivity index (χ0v) is 17.5. The minimum Gasteiger partial charge on any atom is -0.249 e. The Morgan fingerprint density at radius 2 is 1.73 bits per heavy atom. The SMILES string of the molecule is CCS(=O)(=O)c1cc(-c2ccc(F)c(F)c2)cnc1-n1nc2ccc(C(F)(F)F)cn2c1=O. The Morgan fingerprint density at radius 3 is 2.36 bits per heavy atom. The highest BCUT2D eigenvalue weighted by atomic mass is 32.2. The number of fused-ring (bicyclic) bond motifs is 1. The molecule has 1 aromatic carbocycles. The predicted molar refractivity (Wildman–Crippen MR) is 107 cm³/mol. The van der Waals surface area contributed by atoms with Crippen molar-refractivity contribution < 1.29 is 30.4 Å². The van der Waals surface area contributed by atoms with E-state index in [1.54, 1.807) is 0 Å². The molecular weight excluding hydrogens is 471 g/mol. The van der Waals surface area contributed by atoms with Crippen molar-refractivity contribution in [1.82, 2.24) is 19.2 Å². The van der Waals surface area contributed by atoms with Crippen LogP contribution in [0.2, 0.25) is 0 Å². The Bertz CT molecular complexity index is 1560. The second kappa shape index (κ2) is 7.76. The molecule has 0 aliphatic rings. The summed E-state index contributed by atoms with van der Waals surface area (Å²) in [7, 11) is -4.03. The molecule has 0 unspecified atom stereocenters. The second-order valence-electron chi connectivity index (χ2n) is 6.92. The highest BCUT2D eigenvalue weighted by molar-refractivity contribution is 7.91. The Labute approximate surface area is 182 Å². The largest absolute Gasteiger partial charge is 0.417 e. The third-order valence-corrected chi connectivity index (χ3v) is 6.58. The Balaban J connectivity index is 1.95. The van der Waals surface area contributed by atoms with Crippen LogP contribution in [-0.4, -0.2) is 33.3 Å². The molecule has 4 aromatic rings. The van der Waals surface area contributed by atoms with Crippen molar-refractivity contribution in [3.63, 3.8) is 0 Å². The summed E-state index contributed by atoms with van der Waals surface area (Å²) in [6, 6.07) is 5.74. The Morgan fingerprint density at radius 1 is 1.00 bits per heavy atom. The molecule has 0 N–H and O–H groups in total. The van der Waals surface area contributed by atoms with Crippen molar-refractivity contribution in [1.29, 1.82) is 0 Å². The normalized spacial score (nSPS) is 12.4. The Hall–Kier alpha value is -3.61. The van der Waals surface area contributed by atoms with Gasteiger partial charge in [-0.25, -0.2) is 31.4 Å². The fourth-order valence-corrected chi connectivity index (χ4v) is 4.13. The number of benzene rings is 1. The maximum atomic E-state index is 13.6. The number of halogens is 5. The summed E-state index contributed by atoms with van der Waals surface area (Å²) in [5, 5.41) is 3.91. The van der Waals surface area contributed by atoms with Gasteiger partial charge in [0.05, 0.1) is 11.3 Å². The lowest BCUT2D eigenvalue weighted by molar-refractivity contribution is -0.137. The van der Waals surface area contributed by atoms with Gasteiger partial charge in [0.2, 0.25) is 0 Å². The molecule has 0 aliphatic carbocycles. The summed E-state index contributed by atoms with van der Waals surface area (Å²) < 4.78 is 92.6. The van der Waals surface area contributed by atoms with E-state index in [-0.39, 0.29) is 16.8 Å². The summed E-state index contributed by atoms with van der Waals surface area (Å²) in [5.74, 6) is -3.10. The Kier molecular flexibility index (Phi) is 5.31. The van der Waals surface area contributed by atoms with Gasteiger partial charge in [-0.2, -0.15) is 17.9 Å². The van der Waals surface area contributed by atoms with Gasteiger partial charge < -0.3 is 0 Å². The molecule has 7 nitrogen and oxygen atoms in total. The van der Waals surface area contributed by atoms with Gasteiger partial charge in [-0.1, -0.05) is 13.0 Å². The lowest BCUT2D eigenvalue weighted by Crippen LogP contribution is -2.23. The van der Waals surface area contributed by atoms with Gasteiger partial charge in [-0.05, 0) is 35.9 Å². The van der Waals surface area contributed by atoms with Crippen molar-refractivity contribution in [2.75, 3.05) is 5.75 Å². The molecular formula is C20H13F5N4O3S. The first-order valence-electron chi connectivity index (χ1n) is 9.29. The van der Waals surface area contributed by atoms with Gasteiger partial charge >= 0.3 is 11.9 Å². The van der Waals surface area contributed by atoms with Crippen molar-refractivity contribution in [2.24, 2.45) is 0 Å².